The second-order valence-electron chi connectivity index (χ2n) is 2.13. The Kier molecular flexibility index (Phi) is 3.17. The zero-order chi connectivity index (χ0) is 9.14. The lowest BCUT2D eigenvalue weighted by Crippen LogP contribution is -1.88. The Morgan fingerprint density at radius 3 is 1.83 bits per heavy atom. The van der Waals surface area contributed by atoms with Crippen molar-refractivity contribution in [2.75, 3.05) is 0 Å². The van der Waals surface area contributed by atoms with Crippen molar-refractivity contribution in [2.24, 2.45) is 0 Å². The number of carbonyl (C=O) groups is 2. The van der Waals surface area contributed by atoms with Gasteiger partial charge < -0.3 is 0 Å². The molecule has 1 aromatic carbocycles. The molecular formula is C8H4Br2O2. The van der Waals surface area contributed by atoms with Crippen LogP contribution in [0.25, 0.3) is 0 Å². The molecule has 1 rings (SSSR count). The van der Waals surface area contributed by atoms with Crippen LogP contribution >= 0.6 is 31.9 Å². The van der Waals surface area contributed by atoms with Gasteiger partial charge in [0.2, 0.25) is 0 Å². The van der Waals surface area contributed by atoms with Crippen LogP contribution < -0.4 is 0 Å². The summed E-state index contributed by atoms with van der Waals surface area (Å²) in [6, 6.07) is 3.20. The molecule has 0 saturated heterocycles. The molecule has 0 heterocycles. The van der Waals surface area contributed by atoms with Crippen molar-refractivity contribution in [3.63, 3.8) is 0 Å². The van der Waals surface area contributed by atoms with Crippen LogP contribution in [-0.2, 0) is 0 Å². The van der Waals surface area contributed by atoms with Gasteiger partial charge in [0, 0.05) is 20.1 Å². The molecule has 0 spiro atoms. The largest absolute Gasteiger partial charge is 0.298 e. The van der Waals surface area contributed by atoms with E-state index in [9.17, 15) is 9.59 Å². The first-order chi connectivity index (χ1) is 5.69. The summed E-state index contributed by atoms with van der Waals surface area (Å²) >= 11 is 6.36. The topological polar surface area (TPSA) is 34.1 Å². The zero-order valence-corrected chi connectivity index (χ0v) is 9.05. The van der Waals surface area contributed by atoms with Crippen molar-refractivity contribution in [3.05, 3.63) is 32.2 Å². The number of rotatable bonds is 2. The van der Waals surface area contributed by atoms with Crippen molar-refractivity contribution >= 4 is 44.4 Å². The Labute approximate surface area is 86.2 Å². The Balaban J connectivity index is 3.36. The first kappa shape index (κ1) is 9.61. The monoisotopic (exact) mass is 290 g/mol. The van der Waals surface area contributed by atoms with Gasteiger partial charge in [-0.05, 0) is 44.0 Å². The van der Waals surface area contributed by atoms with Crippen molar-refractivity contribution < 1.29 is 9.59 Å². The van der Waals surface area contributed by atoms with E-state index in [1.54, 1.807) is 12.1 Å². The van der Waals surface area contributed by atoms with E-state index < -0.39 is 0 Å². The van der Waals surface area contributed by atoms with Crippen LogP contribution in [0, 0.1) is 0 Å². The van der Waals surface area contributed by atoms with Crippen LogP contribution in [-0.4, -0.2) is 12.6 Å². The first-order valence-electron chi connectivity index (χ1n) is 3.08. The molecule has 0 saturated carbocycles. The van der Waals surface area contributed by atoms with Crippen LogP contribution in [0.3, 0.4) is 0 Å². The molecule has 0 amide bonds. The van der Waals surface area contributed by atoms with E-state index in [0.717, 1.165) is 12.6 Å². The summed E-state index contributed by atoms with van der Waals surface area (Å²) < 4.78 is 1.24. The van der Waals surface area contributed by atoms with Gasteiger partial charge in [-0.2, -0.15) is 0 Å². The highest BCUT2D eigenvalue weighted by Crippen LogP contribution is 2.24. The summed E-state index contributed by atoms with van der Waals surface area (Å²) in [5.41, 5.74) is 1.04. The molecule has 4 heteroatoms. The summed E-state index contributed by atoms with van der Waals surface area (Å²) in [6.07, 6.45) is 1.45. The molecule has 0 aliphatic rings. The molecule has 0 radical (unpaired) electrons. The highest BCUT2D eigenvalue weighted by Gasteiger charge is 2.05. The van der Waals surface area contributed by atoms with Gasteiger partial charge in [0.25, 0.3) is 0 Å². The molecule has 0 N–H and O–H groups in total. The third kappa shape index (κ3) is 1.81. The van der Waals surface area contributed by atoms with Crippen molar-refractivity contribution in [1.82, 2.24) is 0 Å². The minimum Gasteiger partial charge on any atom is -0.298 e. The molecule has 0 unspecified atom stereocenters. The van der Waals surface area contributed by atoms with E-state index in [2.05, 4.69) is 31.9 Å². The number of carbonyl (C=O) groups excluding carboxylic acids is 2. The molecule has 0 aromatic heterocycles. The van der Waals surface area contributed by atoms with Gasteiger partial charge in [-0.1, -0.05) is 0 Å². The summed E-state index contributed by atoms with van der Waals surface area (Å²) in [4.78, 5) is 20.9. The third-order valence-corrected chi connectivity index (χ3v) is 2.67. The van der Waals surface area contributed by atoms with Crippen LogP contribution in [0.1, 0.15) is 20.7 Å². The van der Waals surface area contributed by atoms with E-state index in [1.807, 2.05) is 0 Å². The van der Waals surface area contributed by atoms with E-state index in [1.165, 1.54) is 0 Å². The second-order valence-corrected chi connectivity index (χ2v) is 3.84. The smallest absolute Gasteiger partial charge is 0.152 e. The molecule has 0 atom stereocenters. The second kappa shape index (κ2) is 3.96. The Hall–Kier alpha value is -0.480. The van der Waals surface area contributed by atoms with Gasteiger partial charge in [0.1, 0.15) is 6.29 Å². The van der Waals surface area contributed by atoms with Crippen molar-refractivity contribution in [2.45, 2.75) is 0 Å². The normalized spacial score (nSPS) is 9.50. The van der Waals surface area contributed by atoms with Gasteiger partial charge in [-0.3, -0.25) is 9.59 Å². The lowest BCUT2D eigenvalue weighted by atomic mass is 10.2. The number of hydrogen-bond acceptors (Lipinski definition) is 2. The average Bonchev–Trinajstić information content (AvgIpc) is 2.03. The lowest BCUT2D eigenvalue weighted by Gasteiger charge is -2.00. The predicted molar refractivity (Wildman–Crippen MR) is 52.6 cm³/mol. The number of benzene rings is 1. The van der Waals surface area contributed by atoms with E-state index in [-0.39, 0.29) is 0 Å². The Morgan fingerprint density at radius 1 is 1.00 bits per heavy atom. The molecule has 0 bridgehead atoms. The maximum absolute atomic E-state index is 10.5. The van der Waals surface area contributed by atoms with Gasteiger partial charge in [-0.25, -0.2) is 0 Å². The van der Waals surface area contributed by atoms with E-state index in [0.29, 0.717) is 20.1 Å². The molecule has 2 nitrogen and oxygen atoms in total. The predicted octanol–water partition coefficient (Wildman–Crippen LogP) is 2.84. The van der Waals surface area contributed by atoms with Crippen molar-refractivity contribution in [3.8, 4) is 0 Å². The first-order valence-corrected chi connectivity index (χ1v) is 4.67. The van der Waals surface area contributed by atoms with Gasteiger partial charge >= 0.3 is 0 Å². The molecule has 0 aliphatic heterocycles. The molecule has 0 fully saturated rings. The third-order valence-electron chi connectivity index (χ3n) is 1.36. The van der Waals surface area contributed by atoms with Crippen LogP contribution in [0.4, 0.5) is 0 Å². The number of hydrogen-bond donors (Lipinski definition) is 0. The molecule has 0 aliphatic carbocycles. The summed E-state index contributed by atoms with van der Waals surface area (Å²) in [5.74, 6) is 0. The Morgan fingerprint density at radius 2 is 1.50 bits per heavy atom. The summed E-state index contributed by atoms with van der Waals surface area (Å²) in [5, 5.41) is 0. The minimum atomic E-state index is 0.514. The maximum atomic E-state index is 10.5. The fraction of sp³-hybridized carbons (Fsp3) is 0. The SMILES string of the molecule is O=Cc1cc(Br)c(C=O)c(Br)c1. The average molecular weight is 292 g/mol. The number of aldehydes is 2. The van der Waals surface area contributed by atoms with Gasteiger partial charge in [-0.15, -0.1) is 0 Å². The van der Waals surface area contributed by atoms with Gasteiger partial charge in [0.15, 0.2) is 6.29 Å². The van der Waals surface area contributed by atoms with Gasteiger partial charge in [0.05, 0.1) is 0 Å². The fourth-order valence-electron chi connectivity index (χ4n) is 0.785. The zero-order valence-electron chi connectivity index (χ0n) is 5.88. The summed E-state index contributed by atoms with van der Waals surface area (Å²) in [7, 11) is 0. The summed E-state index contributed by atoms with van der Waals surface area (Å²) in [6.45, 7) is 0. The van der Waals surface area contributed by atoms with Crippen LogP contribution in [0.15, 0.2) is 21.1 Å². The van der Waals surface area contributed by atoms with Crippen LogP contribution in [0.5, 0.6) is 0 Å². The highest BCUT2D eigenvalue weighted by molar-refractivity contribution is 9.11. The highest BCUT2D eigenvalue weighted by atomic mass is 79.9. The number of halogens is 2. The molecule has 12 heavy (non-hydrogen) atoms. The lowest BCUT2D eigenvalue weighted by molar-refractivity contribution is 0.111. The minimum absolute atomic E-state index is 0.514. The molecule has 1 aromatic rings. The van der Waals surface area contributed by atoms with Crippen molar-refractivity contribution in [1.29, 1.82) is 0 Å². The molecular weight excluding hydrogens is 288 g/mol. The maximum Gasteiger partial charge on any atom is 0.152 e. The quantitative estimate of drug-likeness (QED) is 0.785. The van der Waals surface area contributed by atoms with E-state index in [4.69, 9.17) is 0 Å². The Bertz CT molecular complexity index is 311. The fourth-order valence-corrected chi connectivity index (χ4v) is 2.19. The standard InChI is InChI=1S/C8H4Br2O2/c9-7-1-5(3-11)2-8(10)6(7)4-12/h1-4H. The molecule has 62 valence electrons. The van der Waals surface area contributed by atoms with E-state index >= 15 is 0 Å². The van der Waals surface area contributed by atoms with Crippen LogP contribution in [0.2, 0.25) is 0 Å².